The maximum absolute atomic E-state index is 4.44. The normalized spacial score (nSPS) is 10.6. The van der Waals surface area contributed by atoms with Crippen molar-refractivity contribution in [3.8, 4) is 0 Å². The third kappa shape index (κ3) is 4.01. The first-order chi connectivity index (χ1) is 9.70. The van der Waals surface area contributed by atoms with Crippen LogP contribution >= 0.6 is 11.8 Å². The van der Waals surface area contributed by atoms with E-state index < -0.39 is 0 Å². The Hall–Kier alpha value is -1.48. The molecular weight excluding hydrogens is 264 g/mol. The number of benzene rings is 1. The van der Waals surface area contributed by atoms with Gasteiger partial charge in [-0.2, -0.15) is 0 Å². The van der Waals surface area contributed by atoms with Gasteiger partial charge < -0.3 is 5.32 Å². The molecule has 1 aromatic heterocycles. The van der Waals surface area contributed by atoms with E-state index in [-0.39, 0.29) is 0 Å². The van der Waals surface area contributed by atoms with Gasteiger partial charge in [0.05, 0.1) is 0 Å². The second-order valence-corrected chi connectivity index (χ2v) is 6.02. The topological polar surface area (TPSA) is 24.9 Å². The van der Waals surface area contributed by atoms with Gasteiger partial charge >= 0.3 is 0 Å². The van der Waals surface area contributed by atoms with Gasteiger partial charge in [-0.15, -0.1) is 11.8 Å². The average molecular weight is 286 g/mol. The number of hydrogen-bond acceptors (Lipinski definition) is 3. The van der Waals surface area contributed by atoms with Gasteiger partial charge in [0.15, 0.2) is 0 Å². The molecule has 3 heteroatoms. The Kier molecular flexibility index (Phi) is 5.48. The Bertz CT molecular complexity index is 567. The molecule has 2 nitrogen and oxygen atoms in total. The van der Waals surface area contributed by atoms with E-state index in [1.807, 2.05) is 24.0 Å². The molecule has 0 atom stereocenters. The van der Waals surface area contributed by atoms with Crippen molar-refractivity contribution in [1.82, 2.24) is 4.98 Å². The van der Waals surface area contributed by atoms with Gasteiger partial charge in [0.2, 0.25) is 0 Å². The van der Waals surface area contributed by atoms with Crippen LogP contribution in [-0.2, 0) is 5.75 Å². The summed E-state index contributed by atoms with van der Waals surface area (Å²) >= 11 is 1.86. The zero-order valence-electron chi connectivity index (χ0n) is 12.4. The van der Waals surface area contributed by atoms with E-state index in [4.69, 9.17) is 0 Å². The lowest BCUT2D eigenvalue weighted by Crippen LogP contribution is -2.04. The first-order valence-electron chi connectivity index (χ1n) is 7.08. The second kappa shape index (κ2) is 7.34. The van der Waals surface area contributed by atoms with Crippen LogP contribution in [0.3, 0.4) is 0 Å². The van der Waals surface area contributed by atoms with Crippen LogP contribution in [0.5, 0.6) is 0 Å². The third-order valence-electron chi connectivity index (χ3n) is 3.31. The van der Waals surface area contributed by atoms with Crippen LogP contribution in [0, 0.1) is 13.8 Å². The lowest BCUT2D eigenvalue weighted by Gasteiger charge is -2.10. The number of rotatable bonds is 6. The monoisotopic (exact) mass is 286 g/mol. The molecule has 0 aliphatic rings. The molecule has 0 unspecified atom stereocenters. The number of aromatic nitrogens is 1. The molecule has 0 radical (unpaired) electrons. The number of anilines is 1. The van der Waals surface area contributed by atoms with Crippen molar-refractivity contribution < 1.29 is 0 Å². The van der Waals surface area contributed by atoms with Gasteiger partial charge in [-0.1, -0.05) is 19.1 Å². The summed E-state index contributed by atoms with van der Waals surface area (Å²) in [4.78, 5) is 5.75. The van der Waals surface area contributed by atoms with Gasteiger partial charge in [-0.05, 0) is 49.6 Å². The lowest BCUT2D eigenvalue weighted by atomic mass is 10.1. The molecule has 1 heterocycles. The predicted molar refractivity (Wildman–Crippen MR) is 88.5 cm³/mol. The summed E-state index contributed by atoms with van der Waals surface area (Å²) in [6.45, 7) is 7.45. The second-order valence-electron chi connectivity index (χ2n) is 4.97. The highest BCUT2D eigenvalue weighted by atomic mass is 32.2. The van der Waals surface area contributed by atoms with E-state index in [9.17, 15) is 0 Å². The Morgan fingerprint density at radius 2 is 2.00 bits per heavy atom. The third-order valence-corrected chi connectivity index (χ3v) is 4.35. The highest BCUT2D eigenvalue weighted by Crippen LogP contribution is 2.27. The number of nitrogens with zero attached hydrogens (tertiary/aromatic N) is 1. The smallest absolute Gasteiger partial charge is 0.129 e. The number of hydrogen-bond donors (Lipinski definition) is 1. The molecule has 0 aliphatic heterocycles. The molecule has 0 fully saturated rings. The van der Waals surface area contributed by atoms with Crippen molar-refractivity contribution in [2.75, 3.05) is 11.9 Å². The summed E-state index contributed by atoms with van der Waals surface area (Å²) in [5.74, 6) is 1.97. The van der Waals surface area contributed by atoms with E-state index in [2.05, 4.69) is 55.3 Å². The van der Waals surface area contributed by atoms with Crippen LogP contribution in [0.25, 0.3) is 0 Å². The van der Waals surface area contributed by atoms with Crippen molar-refractivity contribution in [2.24, 2.45) is 0 Å². The quantitative estimate of drug-likeness (QED) is 0.771. The number of pyridine rings is 1. The van der Waals surface area contributed by atoms with Crippen LogP contribution in [0.4, 0.5) is 5.82 Å². The van der Waals surface area contributed by atoms with Crippen molar-refractivity contribution >= 4 is 17.6 Å². The minimum atomic E-state index is 0.947. The SMILES string of the molecule is CCCNc1ncccc1CSc1ccc(C)c(C)c1. The van der Waals surface area contributed by atoms with Gasteiger partial charge in [0.25, 0.3) is 0 Å². The van der Waals surface area contributed by atoms with Crippen LogP contribution < -0.4 is 5.32 Å². The van der Waals surface area contributed by atoms with E-state index in [1.54, 1.807) is 0 Å². The number of nitrogens with one attached hydrogen (secondary N) is 1. The van der Waals surface area contributed by atoms with Crippen molar-refractivity contribution in [2.45, 2.75) is 37.8 Å². The summed E-state index contributed by atoms with van der Waals surface area (Å²) in [5, 5.41) is 3.40. The lowest BCUT2D eigenvalue weighted by molar-refractivity contribution is 0.965. The van der Waals surface area contributed by atoms with Crippen LogP contribution in [-0.4, -0.2) is 11.5 Å². The summed E-state index contributed by atoms with van der Waals surface area (Å²) in [7, 11) is 0. The molecule has 0 saturated heterocycles. The zero-order chi connectivity index (χ0) is 14.4. The fourth-order valence-electron chi connectivity index (χ4n) is 1.92. The molecule has 0 amide bonds. The minimum absolute atomic E-state index is 0.947. The minimum Gasteiger partial charge on any atom is -0.370 e. The highest BCUT2D eigenvalue weighted by molar-refractivity contribution is 7.98. The van der Waals surface area contributed by atoms with Crippen molar-refractivity contribution in [1.29, 1.82) is 0 Å². The first kappa shape index (κ1) is 14.9. The maximum Gasteiger partial charge on any atom is 0.129 e. The number of thioether (sulfide) groups is 1. The van der Waals surface area contributed by atoms with E-state index in [1.165, 1.54) is 21.6 Å². The van der Waals surface area contributed by atoms with Crippen LogP contribution in [0.2, 0.25) is 0 Å². The molecule has 20 heavy (non-hydrogen) atoms. The Morgan fingerprint density at radius 1 is 1.15 bits per heavy atom. The molecular formula is C17H22N2S. The molecule has 0 spiro atoms. The van der Waals surface area contributed by atoms with Crippen molar-refractivity contribution in [3.63, 3.8) is 0 Å². The maximum atomic E-state index is 4.44. The van der Waals surface area contributed by atoms with E-state index in [0.29, 0.717) is 0 Å². The molecule has 2 aromatic rings. The summed E-state index contributed by atoms with van der Waals surface area (Å²) in [5.41, 5.74) is 3.97. The molecule has 0 aliphatic carbocycles. The Morgan fingerprint density at radius 3 is 2.75 bits per heavy atom. The zero-order valence-corrected chi connectivity index (χ0v) is 13.3. The molecule has 1 N–H and O–H groups in total. The Balaban J connectivity index is 2.04. The van der Waals surface area contributed by atoms with Gasteiger partial charge in [0, 0.05) is 29.0 Å². The molecule has 2 rings (SSSR count). The average Bonchev–Trinajstić information content (AvgIpc) is 2.47. The standard InChI is InChI=1S/C17H22N2S/c1-4-9-18-17-15(6-5-10-19-17)12-20-16-8-7-13(2)14(3)11-16/h5-8,10-11H,4,9,12H2,1-3H3,(H,18,19). The molecule has 0 bridgehead atoms. The highest BCUT2D eigenvalue weighted by Gasteiger charge is 2.04. The van der Waals surface area contributed by atoms with Gasteiger partial charge in [-0.25, -0.2) is 4.98 Å². The van der Waals surface area contributed by atoms with Crippen LogP contribution in [0.1, 0.15) is 30.0 Å². The van der Waals surface area contributed by atoms with Crippen LogP contribution in [0.15, 0.2) is 41.4 Å². The molecule has 0 saturated carbocycles. The van der Waals surface area contributed by atoms with E-state index >= 15 is 0 Å². The summed E-state index contributed by atoms with van der Waals surface area (Å²) in [6, 6.07) is 10.8. The molecule has 106 valence electrons. The molecule has 1 aromatic carbocycles. The summed E-state index contributed by atoms with van der Waals surface area (Å²) < 4.78 is 0. The Labute approximate surface area is 126 Å². The first-order valence-corrected chi connectivity index (χ1v) is 8.07. The fourth-order valence-corrected chi connectivity index (χ4v) is 2.90. The van der Waals surface area contributed by atoms with E-state index in [0.717, 1.165) is 24.5 Å². The predicted octanol–water partition coefficient (Wildman–Crippen LogP) is 4.81. The number of aryl methyl sites for hydroxylation is 2. The van der Waals surface area contributed by atoms with Gasteiger partial charge in [0.1, 0.15) is 5.82 Å². The summed E-state index contributed by atoms with van der Waals surface area (Å²) in [6.07, 6.45) is 2.96. The largest absolute Gasteiger partial charge is 0.370 e. The fraction of sp³-hybridized carbons (Fsp3) is 0.353. The van der Waals surface area contributed by atoms with Crippen molar-refractivity contribution in [3.05, 3.63) is 53.2 Å². The van der Waals surface area contributed by atoms with Gasteiger partial charge in [-0.3, -0.25) is 0 Å².